The number of hydrogen-bond donors (Lipinski definition) is 1. The van der Waals surface area contributed by atoms with Gasteiger partial charge in [-0.15, -0.1) is 10.2 Å². The van der Waals surface area contributed by atoms with Gasteiger partial charge in [0, 0.05) is 24.1 Å². The molecule has 8 heteroatoms. The third-order valence-electron chi connectivity index (χ3n) is 4.11. The van der Waals surface area contributed by atoms with E-state index in [1.54, 1.807) is 14.0 Å². The van der Waals surface area contributed by atoms with Crippen LogP contribution in [0.1, 0.15) is 17.3 Å². The molecule has 0 unspecified atom stereocenters. The van der Waals surface area contributed by atoms with Gasteiger partial charge in [0.2, 0.25) is 11.8 Å². The fraction of sp³-hybridized carbons (Fsp3) is 0.211. The van der Waals surface area contributed by atoms with Gasteiger partial charge in [0.1, 0.15) is 23.4 Å². The van der Waals surface area contributed by atoms with Gasteiger partial charge in [-0.3, -0.25) is 4.98 Å². The van der Waals surface area contributed by atoms with Crippen molar-refractivity contribution in [2.75, 3.05) is 12.4 Å². The number of nitrogens with one attached hydrogen (secondary N) is 1. The number of fused-ring (bicyclic) bond motifs is 1. The highest BCUT2D eigenvalue weighted by molar-refractivity contribution is 5.96. The van der Waals surface area contributed by atoms with Crippen LogP contribution in [0.2, 0.25) is 0 Å². The third kappa shape index (κ3) is 3.41. The fourth-order valence-electron chi connectivity index (χ4n) is 2.79. The fourth-order valence-corrected chi connectivity index (χ4v) is 2.79. The summed E-state index contributed by atoms with van der Waals surface area (Å²) >= 11 is 0. The predicted molar refractivity (Wildman–Crippen MR) is 100 cm³/mol. The molecule has 0 aliphatic heterocycles. The summed E-state index contributed by atoms with van der Waals surface area (Å²) in [7, 11) is 1.62. The molecule has 136 valence electrons. The van der Waals surface area contributed by atoms with Crippen molar-refractivity contribution >= 4 is 16.7 Å². The van der Waals surface area contributed by atoms with E-state index in [2.05, 4.69) is 30.5 Å². The van der Waals surface area contributed by atoms with Gasteiger partial charge in [0.05, 0.1) is 19.3 Å². The van der Waals surface area contributed by atoms with E-state index in [1.807, 2.05) is 37.4 Å². The van der Waals surface area contributed by atoms with Crippen molar-refractivity contribution in [1.82, 2.24) is 25.1 Å². The van der Waals surface area contributed by atoms with Crippen LogP contribution < -0.4 is 10.1 Å². The van der Waals surface area contributed by atoms with E-state index in [0.717, 1.165) is 22.2 Å². The SMILES string of the molecule is COc1cc(-c2ccc(C)cn2)cc2c(NCc3nnc(C)o3)ncnc12. The molecule has 0 atom stereocenters. The lowest BCUT2D eigenvalue weighted by molar-refractivity contribution is 0.419. The van der Waals surface area contributed by atoms with E-state index < -0.39 is 0 Å². The molecule has 0 spiro atoms. The Morgan fingerprint density at radius 1 is 1.07 bits per heavy atom. The van der Waals surface area contributed by atoms with Crippen LogP contribution in [0.5, 0.6) is 5.75 Å². The summed E-state index contributed by atoms with van der Waals surface area (Å²) in [6.45, 7) is 4.12. The number of nitrogens with zero attached hydrogens (tertiary/aromatic N) is 5. The van der Waals surface area contributed by atoms with Crippen LogP contribution in [0.15, 0.2) is 41.2 Å². The molecule has 0 aliphatic rings. The van der Waals surface area contributed by atoms with Crippen molar-refractivity contribution in [1.29, 1.82) is 0 Å². The largest absolute Gasteiger partial charge is 0.494 e. The average molecular weight is 362 g/mol. The average Bonchev–Trinajstić information content (AvgIpc) is 3.11. The Hall–Kier alpha value is -3.55. The van der Waals surface area contributed by atoms with Gasteiger partial charge in [-0.25, -0.2) is 9.97 Å². The molecule has 3 heterocycles. The third-order valence-corrected chi connectivity index (χ3v) is 4.11. The molecule has 27 heavy (non-hydrogen) atoms. The van der Waals surface area contributed by atoms with E-state index in [1.165, 1.54) is 6.33 Å². The molecule has 0 bridgehead atoms. The molecule has 0 aliphatic carbocycles. The molecule has 1 N–H and O–H groups in total. The summed E-state index contributed by atoms with van der Waals surface area (Å²) in [4.78, 5) is 13.2. The normalized spacial score (nSPS) is 10.9. The Kier molecular flexibility index (Phi) is 4.37. The summed E-state index contributed by atoms with van der Waals surface area (Å²) in [6, 6.07) is 7.93. The van der Waals surface area contributed by atoms with Gasteiger partial charge >= 0.3 is 0 Å². The second-order valence-electron chi connectivity index (χ2n) is 6.09. The van der Waals surface area contributed by atoms with Crippen molar-refractivity contribution in [3.8, 4) is 17.0 Å². The zero-order chi connectivity index (χ0) is 18.8. The number of methoxy groups -OCH3 is 1. The lowest BCUT2D eigenvalue weighted by atomic mass is 10.1. The first-order chi connectivity index (χ1) is 13.1. The van der Waals surface area contributed by atoms with Crippen LogP contribution in [0.3, 0.4) is 0 Å². The molecule has 0 fully saturated rings. The molecule has 0 saturated carbocycles. The van der Waals surface area contributed by atoms with Crippen molar-refractivity contribution in [2.24, 2.45) is 0 Å². The molecule has 4 aromatic rings. The number of aryl methyl sites for hydroxylation is 2. The van der Waals surface area contributed by atoms with Crippen LogP contribution in [-0.2, 0) is 6.54 Å². The van der Waals surface area contributed by atoms with Crippen LogP contribution in [0, 0.1) is 13.8 Å². The molecule has 4 rings (SSSR count). The Labute approximate surface area is 155 Å². The van der Waals surface area contributed by atoms with Gasteiger partial charge in [-0.05, 0) is 30.7 Å². The molecule has 0 radical (unpaired) electrons. The maximum atomic E-state index is 5.55. The smallest absolute Gasteiger partial charge is 0.235 e. The molecule has 3 aromatic heterocycles. The number of anilines is 1. The Balaban J connectivity index is 1.77. The molecule has 8 nitrogen and oxygen atoms in total. The highest BCUT2D eigenvalue weighted by Gasteiger charge is 2.13. The highest BCUT2D eigenvalue weighted by Crippen LogP contribution is 2.33. The topological polar surface area (TPSA) is 98.8 Å². The molecule has 0 saturated heterocycles. The van der Waals surface area contributed by atoms with Crippen molar-refractivity contribution in [2.45, 2.75) is 20.4 Å². The molecule has 1 aromatic carbocycles. The van der Waals surface area contributed by atoms with Crippen LogP contribution in [0.25, 0.3) is 22.2 Å². The summed E-state index contributed by atoms with van der Waals surface area (Å²) in [6.07, 6.45) is 3.33. The minimum absolute atomic E-state index is 0.363. The Morgan fingerprint density at radius 3 is 2.67 bits per heavy atom. The standard InChI is InChI=1S/C19H18N6O2/c1-11-4-5-15(20-8-11)13-6-14-18(16(7-13)26-3)22-10-23-19(14)21-9-17-25-24-12(2)27-17/h4-8,10H,9H2,1-3H3,(H,21,22,23). The first kappa shape index (κ1) is 16.9. The Bertz CT molecular complexity index is 1090. The maximum Gasteiger partial charge on any atom is 0.235 e. The summed E-state index contributed by atoms with van der Waals surface area (Å²) in [5.41, 5.74) is 3.59. The number of ether oxygens (including phenoxy) is 1. The van der Waals surface area contributed by atoms with Crippen molar-refractivity contribution < 1.29 is 9.15 Å². The van der Waals surface area contributed by atoms with E-state index in [4.69, 9.17) is 9.15 Å². The van der Waals surface area contributed by atoms with E-state index in [9.17, 15) is 0 Å². The minimum Gasteiger partial charge on any atom is -0.494 e. The lowest BCUT2D eigenvalue weighted by Crippen LogP contribution is -2.03. The van der Waals surface area contributed by atoms with Crippen molar-refractivity contribution in [3.63, 3.8) is 0 Å². The second kappa shape index (κ2) is 6.99. The van der Waals surface area contributed by atoms with Gasteiger partial charge in [0.25, 0.3) is 0 Å². The van der Waals surface area contributed by atoms with Gasteiger partial charge < -0.3 is 14.5 Å². The predicted octanol–water partition coefficient (Wildman–Crippen LogP) is 3.31. The Morgan fingerprint density at radius 2 is 1.96 bits per heavy atom. The quantitative estimate of drug-likeness (QED) is 0.577. The number of hydrogen-bond acceptors (Lipinski definition) is 8. The van der Waals surface area contributed by atoms with Crippen molar-refractivity contribution in [3.05, 3.63) is 54.1 Å². The zero-order valence-corrected chi connectivity index (χ0v) is 15.2. The van der Waals surface area contributed by atoms with Crippen LogP contribution in [0.4, 0.5) is 5.82 Å². The lowest BCUT2D eigenvalue weighted by Gasteiger charge is -2.12. The first-order valence-electron chi connectivity index (χ1n) is 8.42. The minimum atomic E-state index is 0.363. The maximum absolute atomic E-state index is 5.55. The number of benzene rings is 1. The van der Waals surface area contributed by atoms with E-state index in [-0.39, 0.29) is 0 Å². The number of aromatic nitrogens is 5. The second-order valence-corrected chi connectivity index (χ2v) is 6.09. The zero-order valence-electron chi connectivity index (χ0n) is 15.2. The summed E-state index contributed by atoms with van der Waals surface area (Å²) in [5.74, 6) is 2.32. The van der Waals surface area contributed by atoms with Crippen LogP contribution in [-0.4, -0.2) is 32.3 Å². The first-order valence-corrected chi connectivity index (χ1v) is 8.42. The summed E-state index contributed by atoms with van der Waals surface area (Å²) < 4.78 is 11.0. The monoisotopic (exact) mass is 362 g/mol. The van der Waals surface area contributed by atoms with Gasteiger partial charge in [-0.1, -0.05) is 6.07 Å². The van der Waals surface area contributed by atoms with E-state index in [0.29, 0.717) is 35.4 Å². The van der Waals surface area contributed by atoms with E-state index >= 15 is 0 Å². The molecular weight excluding hydrogens is 344 g/mol. The molecule has 0 amide bonds. The highest BCUT2D eigenvalue weighted by atomic mass is 16.5. The van der Waals surface area contributed by atoms with Crippen LogP contribution >= 0.6 is 0 Å². The van der Waals surface area contributed by atoms with Gasteiger partial charge in [-0.2, -0.15) is 0 Å². The number of pyridine rings is 1. The summed E-state index contributed by atoms with van der Waals surface area (Å²) in [5, 5.41) is 11.9. The van der Waals surface area contributed by atoms with Gasteiger partial charge in [0.15, 0.2) is 0 Å². The number of rotatable bonds is 5. The molecular formula is C19H18N6O2.